The van der Waals surface area contributed by atoms with Gasteiger partial charge >= 0.3 is 0 Å². The molecule has 2 heterocycles. The molecule has 0 saturated heterocycles. The topological polar surface area (TPSA) is 55.6 Å². The van der Waals surface area contributed by atoms with E-state index in [2.05, 4.69) is 20.4 Å². The summed E-state index contributed by atoms with van der Waals surface area (Å²) in [5, 5.41) is 9.15. The third-order valence-corrected chi connectivity index (χ3v) is 4.79. The number of benzene rings is 1. The molecule has 0 bridgehead atoms. The van der Waals surface area contributed by atoms with Gasteiger partial charge in [-0.3, -0.25) is 4.68 Å². The SMILES string of the molecule is CSc1nc(NC2CC2c2ccc(F)c(F)c2)c2cnn(C)c2n1. The molecule has 0 spiro atoms. The molecule has 2 atom stereocenters. The Hall–Kier alpha value is -2.22. The van der Waals surface area contributed by atoms with Crippen LogP contribution in [0.15, 0.2) is 29.6 Å². The zero-order chi connectivity index (χ0) is 16.8. The molecule has 1 fully saturated rings. The van der Waals surface area contributed by atoms with Crippen molar-refractivity contribution < 1.29 is 8.78 Å². The molecule has 1 aliphatic carbocycles. The van der Waals surface area contributed by atoms with E-state index in [1.54, 1.807) is 16.9 Å². The molecule has 1 N–H and O–H groups in total. The van der Waals surface area contributed by atoms with Crippen LogP contribution in [0.5, 0.6) is 0 Å². The fourth-order valence-electron chi connectivity index (χ4n) is 2.85. The summed E-state index contributed by atoms with van der Waals surface area (Å²) in [6.45, 7) is 0. The Bertz CT molecular complexity index is 926. The first-order valence-corrected chi connectivity index (χ1v) is 8.74. The van der Waals surface area contributed by atoms with Gasteiger partial charge in [0.05, 0.1) is 11.6 Å². The van der Waals surface area contributed by atoms with Crippen LogP contribution in [-0.2, 0) is 7.05 Å². The fourth-order valence-corrected chi connectivity index (χ4v) is 3.21. The van der Waals surface area contributed by atoms with Crippen LogP contribution >= 0.6 is 11.8 Å². The molecule has 0 radical (unpaired) electrons. The summed E-state index contributed by atoms with van der Waals surface area (Å²) in [5.74, 6) is -0.743. The van der Waals surface area contributed by atoms with Gasteiger partial charge in [-0.25, -0.2) is 18.7 Å². The first-order chi connectivity index (χ1) is 11.6. The van der Waals surface area contributed by atoms with Crippen LogP contribution < -0.4 is 5.32 Å². The van der Waals surface area contributed by atoms with Gasteiger partial charge in [0.1, 0.15) is 5.82 Å². The van der Waals surface area contributed by atoms with Crippen LogP contribution in [0.4, 0.5) is 14.6 Å². The highest BCUT2D eigenvalue weighted by molar-refractivity contribution is 7.98. The van der Waals surface area contributed by atoms with E-state index < -0.39 is 11.6 Å². The Morgan fingerprint density at radius 3 is 2.83 bits per heavy atom. The molecular formula is C16H15F2N5S. The van der Waals surface area contributed by atoms with Crippen LogP contribution in [-0.4, -0.2) is 32.0 Å². The lowest BCUT2D eigenvalue weighted by Crippen LogP contribution is -2.08. The summed E-state index contributed by atoms with van der Waals surface area (Å²) in [5.41, 5.74) is 1.56. The summed E-state index contributed by atoms with van der Waals surface area (Å²) in [7, 11) is 1.84. The molecular weight excluding hydrogens is 332 g/mol. The Morgan fingerprint density at radius 2 is 2.08 bits per heavy atom. The average Bonchev–Trinajstić information content (AvgIpc) is 3.24. The maximum absolute atomic E-state index is 13.4. The first-order valence-electron chi connectivity index (χ1n) is 7.52. The van der Waals surface area contributed by atoms with Crippen molar-refractivity contribution in [2.45, 2.75) is 23.5 Å². The van der Waals surface area contributed by atoms with Crippen LogP contribution in [0.2, 0.25) is 0 Å². The monoisotopic (exact) mass is 347 g/mol. The molecule has 1 aliphatic rings. The second-order valence-corrected chi connectivity index (χ2v) is 6.60. The number of fused-ring (bicyclic) bond motifs is 1. The second-order valence-electron chi connectivity index (χ2n) is 5.83. The van der Waals surface area contributed by atoms with Gasteiger partial charge in [0.2, 0.25) is 0 Å². The smallest absolute Gasteiger partial charge is 0.191 e. The minimum atomic E-state index is -0.818. The third-order valence-electron chi connectivity index (χ3n) is 4.24. The van der Waals surface area contributed by atoms with E-state index in [9.17, 15) is 8.78 Å². The number of thioether (sulfide) groups is 1. The van der Waals surface area contributed by atoms with Crippen LogP contribution in [0.3, 0.4) is 0 Å². The number of halogens is 2. The molecule has 4 rings (SSSR count). The maximum atomic E-state index is 13.4. The highest BCUT2D eigenvalue weighted by Gasteiger charge is 2.39. The Balaban J connectivity index is 1.60. The van der Waals surface area contributed by atoms with Crippen LogP contribution in [0.1, 0.15) is 17.9 Å². The van der Waals surface area contributed by atoms with Gasteiger partial charge in [0, 0.05) is 19.0 Å². The summed E-state index contributed by atoms with van der Waals surface area (Å²) < 4.78 is 28.2. The largest absolute Gasteiger partial charge is 0.366 e. The number of nitrogens with zero attached hydrogens (tertiary/aromatic N) is 4. The van der Waals surface area contributed by atoms with Crippen molar-refractivity contribution in [2.75, 3.05) is 11.6 Å². The lowest BCUT2D eigenvalue weighted by atomic mass is 10.1. The van der Waals surface area contributed by atoms with Gasteiger partial charge < -0.3 is 5.32 Å². The molecule has 0 aliphatic heterocycles. The van der Waals surface area contributed by atoms with Crippen molar-refractivity contribution in [3.05, 3.63) is 41.6 Å². The number of hydrogen-bond acceptors (Lipinski definition) is 5. The number of rotatable bonds is 4. The molecule has 2 aromatic heterocycles. The normalized spacial score (nSPS) is 19.7. The summed E-state index contributed by atoms with van der Waals surface area (Å²) in [4.78, 5) is 8.99. The predicted octanol–water partition coefficient (Wildman–Crippen LogP) is 3.33. The molecule has 124 valence electrons. The molecule has 1 aromatic carbocycles. The van der Waals surface area contributed by atoms with Crippen LogP contribution in [0, 0.1) is 11.6 Å². The average molecular weight is 347 g/mol. The quantitative estimate of drug-likeness (QED) is 0.579. The van der Waals surface area contributed by atoms with Gasteiger partial charge in [0.15, 0.2) is 22.4 Å². The van der Waals surface area contributed by atoms with E-state index in [4.69, 9.17) is 0 Å². The Labute approximate surface area is 141 Å². The molecule has 5 nitrogen and oxygen atoms in total. The molecule has 24 heavy (non-hydrogen) atoms. The number of aromatic nitrogens is 4. The van der Waals surface area contributed by atoms with Gasteiger partial charge in [0.25, 0.3) is 0 Å². The van der Waals surface area contributed by atoms with Crippen molar-refractivity contribution in [2.24, 2.45) is 7.05 Å². The molecule has 8 heteroatoms. The highest BCUT2D eigenvalue weighted by atomic mass is 32.2. The van der Waals surface area contributed by atoms with Crippen molar-refractivity contribution in [1.82, 2.24) is 19.7 Å². The third kappa shape index (κ3) is 2.60. The van der Waals surface area contributed by atoms with Gasteiger partial charge in [-0.2, -0.15) is 5.10 Å². The zero-order valence-electron chi connectivity index (χ0n) is 13.1. The maximum Gasteiger partial charge on any atom is 0.191 e. The standard InChI is InChI=1S/C16H15F2N5S/c1-23-15-10(7-19-23)14(21-16(22-15)24-2)20-13-6-9(13)8-3-4-11(17)12(18)5-8/h3-5,7,9,13H,6H2,1-2H3,(H,20,21,22). The van der Waals surface area contributed by atoms with Gasteiger partial charge in [-0.1, -0.05) is 17.8 Å². The van der Waals surface area contributed by atoms with E-state index in [1.807, 2.05) is 13.3 Å². The van der Waals surface area contributed by atoms with Crippen molar-refractivity contribution in [1.29, 1.82) is 0 Å². The van der Waals surface area contributed by atoms with E-state index in [0.29, 0.717) is 5.16 Å². The summed E-state index contributed by atoms with van der Waals surface area (Å²) in [6.07, 6.45) is 4.50. The summed E-state index contributed by atoms with van der Waals surface area (Å²) >= 11 is 1.46. The lowest BCUT2D eigenvalue weighted by Gasteiger charge is -2.08. The molecule has 2 unspecified atom stereocenters. The Kier molecular flexibility index (Phi) is 3.64. The Morgan fingerprint density at radius 1 is 1.25 bits per heavy atom. The van der Waals surface area contributed by atoms with E-state index in [1.165, 1.54) is 23.9 Å². The second kappa shape index (κ2) is 5.70. The minimum absolute atomic E-state index is 0.142. The fraction of sp³-hybridized carbons (Fsp3) is 0.312. The van der Waals surface area contributed by atoms with Crippen LogP contribution in [0.25, 0.3) is 11.0 Å². The number of hydrogen-bond donors (Lipinski definition) is 1. The first kappa shape index (κ1) is 15.3. The van der Waals surface area contributed by atoms with E-state index in [-0.39, 0.29) is 12.0 Å². The lowest BCUT2D eigenvalue weighted by molar-refractivity contribution is 0.507. The summed E-state index contributed by atoms with van der Waals surface area (Å²) in [6, 6.07) is 4.23. The molecule has 3 aromatic rings. The number of aryl methyl sites for hydroxylation is 1. The van der Waals surface area contributed by atoms with Crippen molar-refractivity contribution in [3.8, 4) is 0 Å². The molecule has 1 saturated carbocycles. The zero-order valence-corrected chi connectivity index (χ0v) is 13.9. The van der Waals surface area contributed by atoms with Gasteiger partial charge in [-0.05, 0) is 30.4 Å². The minimum Gasteiger partial charge on any atom is -0.366 e. The molecule has 0 amide bonds. The van der Waals surface area contributed by atoms with Crippen molar-refractivity contribution >= 4 is 28.6 Å². The number of nitrogens with one attached hydrogen (secondary N) is 1. The van der Waals surface area contributed by atoms with E-state index in [0.717, 1.165) is 28.8 Å². The van der Waals surface area contributed by atoms with Crippen molar-refractivity contribution in [3.63, 3.8) is 0 Å². The predicted molar refractivity (Wildman–Crippen MR) is 89.2 cm³/mol. The highest BCUT2D eigenvalue weighted by Crippen LogP contribution is 2.43. The van der Waals surface area contributed by atoms with Gasteiger partial charge in [-0.15, -0.1) is 0 Å². The number of anilines is 1. The van der Waals surface area contributed by atoms with E-state index >= 15 is 0 Å².